The Bertz CT molecular complexity index is 52.4. The molecule has 7 heteroatoms. The van der Waals surface area contributed by atoms with Crippen LogP contribution in [0, 0.1) is 0 Å². The summed E-state index contributed by atoms with van der Waals surface area (Å²) in [5, 5.41) is 0. The quantitative estimate of drug-likeness (QED) is 0.183. The minimum atomic E-state index is -2.62. The standard InChI is InChI=1S/N3.H3O3P/c1-3-2;1-4(2)3/h;1-3H/q-1;. The Morgan fingerprint density at radius 2 is 1.14 bits per heavy atom. The van der Waals surface area contributed by atoms with E-state index in [4.69, 9.17) is 25.7 Å². The maximum absolute atomic E-state index is 7.23. The van der Waals surface area contributed by atoms with Crippen molar-refractivity contribution in [3.05, 3.63) is 16.0 Å². The minimum Gasteiger partial charge on any atom is -0.373 e. The Morgan fingerprint density at radius 3 is 1.14 bits per heavy atom. The van der Waals surface area contributed by atoms with Crippen molar-refractivity contribution >= 4 is 8.60 Å². The summed E-state index contributed by atoms with van der Waals surface area (Å²) >= 11 is 0. The van der Waals surface area contributed by atoms with Crippen LogP contribution in [0.5, 0.6) is 0 Å². The molecule has 0 bridgehead atoms. The van der Waals surface area contributed by atoms with Gasteiger partial charge in [-0.05, 0) is 0 Å². The van der Waals surface area contributed by atoms with Gasteiger partial charge in [-0.3, -0.25) is 4.91 Å². The molecule has 0 aromatic rings. The van der Waals surface area contributed by atoms with Gasteiger partial charge in [-0.25, -0.2) is 0 Å². The first-order valence-electron chi connectivity index (χ1n) is 1.000. The van der Waals surface area contributed by atoms with Gasteiger partial charge in [0.25, 0.3) is 0 Å². The summed E-state index contributed by atoms with van der Waals surface area (Å²) in [6.07, 6.45) is 0. The number of hydrogen-bond donors (Lipinski definition) is 3. The summed E-state index contributed by atoms with van der Waals surface area (Å²) in [5.74, 6) is 0. The monoisotopic (exact) mass is 124 g/mol. The molecule has 0 rings (SSSR count). The maximum Gasteiger partial charge on any atom is 0.324 e. The van der Waals surface area contributed by atoms with Crippen LogP contribution in [0.15, 0.2) is 0 Å². The first-order valence-corrected chi connectivity index (χ1v) is 2.20. The van der Waals surface area contributed by atoms with Crippen LogP contribution in [0.3, 0.4) is 0 Å². The van der Waals surface area contributed by atoms with E-state index in [2.05, 4.69) is 0 Å². The van der Waals surface area contributed by atoms with Crippen molar-refractivity contribution in [2.45, 2.75) is 0 Å². The van der Waals surface area contributed by atoms with E-state index in [1.54, 1.807) is 0 Å². The fourth-order valence-electron chi connectivity index (χ4n) is 0. The van der Waals surface area contributed by atoms with Crippen molar-refractivity contribution in [2.24, 2.45) is 0 Å². The van der Waals surface area contributed by atoms with Crippen LogP contribution >= 0.6 is 8.60 Å². The molecule has 7 heavy (non-hydrogen) atoms. The molecule has 0 unspecified atom stereocenters. The van der Waals surface area contributed by atoms with Crippen LogP contribution in [0.1, 0.15) is 0 Å². The van der Waals surface area contributed by atoms with Gasteiger partial charge in [0.2, 0.25) is 0 Å². The van der Waals surface area contributed by atoms with Gasteiger partial charge in [0.05, 0.1) is 0 Å². The van der Waals surface area contributed by atoms with Gasteiger partial charge < -0.3 is 25.7 Å². The number of nitrogens with zero attached hydrogens (tertiary/aromatic N) is 3. The summed E-state index contributed by atoms with van der Waals surface area (Å²) in [5.41, 5.74) is 13.5. The molecule has 0 amide bonds. The topological polar surface area (TPSA) is 119 Å². The maximum atomic E-state index is 7.23. The molecule has 0 heterocycles. The van der Waals surface area contributed by atoms with Crippen molar-refractivity contribution in [3.8, 4) is 0 Å². The Morgan fingerprint density at radius 1 is 1.14 bits per heavy atom. The van der Waals surface area contributed by atoms with Crippen LogP contribution in [0.25, 0.3) is 16.0 Å². The van der Waals surface area contributed by atoms with Crippen molar-refractivity contribution in [1.29, 1.82) is 0 Å². The van der Waals surface area contributed by atoms with Gasteiger partial charge in [0, 0.05) is 0 Å². The Kier molecular flexibility index (Phi) is 12.8. The molecule has 42 valence electrons. The van der Waals surface area contributed by atoms with Crippen LogP contribution in [0.4, 0.5) is 0 Å². The molecule has 0 aromatic heterocycles. The number of hydrogen-bond acceptors (Lipinski definition) is 3. The van der Waals surface area contributed by atoms with E-state index in [-0.39, 0.29) is 0 Å². The fraction of sp³-hybridized carbons (Fsp3) is 0. The van der Waals surface area contributed by atoms with Crippen LogP contribution in [-0.4, -0.2) is 14.7 Å². The molecule has 0 aliphatic carbocycles. The van der Waals surface area contributed by atoms with Gasteiger partial charge in [0.1, 0.15) is 0 Å². The predicted octanol–water partition coefficient (Wildman–Crippen LogP) is 0.0563. The third kappa shape index (κ3) is 510. The lowest BCUT2D eigenvalue weighted by Gasteiger charge is -1.76. The van der Waals surface area contributed by atoms with Crippen molar-refractivity contribution in [1.82, 2.24) is 0 Å². The molecule has 0 atom stereocenters. The highest BCUT2D eigenvalue weighted by Crippen LogP contribution is 2.11. The lowest BCUT2D eigenvalue weighted by molar-refractivity contribution is 0.368. The Hall–Kier alpha value is -0.380. The molecule has 0 aromatic carbocycles. The zero-order chi connectivity index (χ0) is 6.28. The SMILES string of the molecule is OP(O)O.[N-]=[N+]=[N-]. The van der Waals surface area contributed by atoms with Crippen LogP contribution < -0.4 is 0 Å². The van der Waals surface area contributed by atoms with Crippen LogP contribution in [0.2, 0.25) is 0 Å². The Balaban J connectivity index is 0. The highest BCUT2D eigenvalue weighted by molar-refractivity contribution is 7.38. The normalized spacial score (nSPS) is 6.29. The minimum absolute atomic E-state index is 1.50. The molecule has 0 fully saturated rings. The van der Waals surface area contributed by atoms with E-state index < -0.39 is 8.60 Å². The number of rotatable bonds is 0. The molecule has 0 saturated heterocycles. The first-order chi connectivity index (χ1) is 3.15. The highest BCUT2D eigenvalue weighted by Gasteiger charge is 1.76. The second kappa shape index (κ2) is 9.15. The third-order valence-corrected chi connectivity index (χ3v) is 0. The summed E-state index contributed by atoms with van der Waals surface area (Å²) in [6.45, 7) is 0. The molecule has 0 aliphatic rings. The van der Waals surface area contributed by atoms with E-state index in [1.807, 2.05) is 0 Å². The lowest BCUT2D eigenvalue weighted by Crippen LogP contribution is -1.54. The molecule has 0 spiro atoms. The van der Waals surface area contributed by atoms with E-state index in [0.717, 1.165) is 0 Å². The molecule has 0 saturated carbocycles. The van der Waals surface area contributed by atoms with Gasteiger partial charge in [-0.15, -0.1) is 0 Å². The second-order valence-corrected chi connectivity index (χ2v) is 0.894. The summed E-state index contributed by atoms with van der Waals surface area (Å²) in [6, 6.07) is 0. The average molecular weight is 124 g/mol. The van der Waals surface area contributed by atoms with Crippen LogP contribution in [-0.2, 0) is 0 Å². The lowest BCUT2D eigenvalue weighted by atomic mass is 13.0. The third-order valence-electron chi connectivity index (χ3n) is 0. The molecular weight excluding hydrogens is 121 g/mol. The van der Waals surface area contributed by atoms with E-state index in [9.17, 15) is 0 Å². The summed E-state index contributed by atoms with van der Waals surface area (Å²) in [7, 11) is -2.62. The summed E-state index contributed by atoms with van der Waals surface area (Å²) in [4.78, 5) is 23.2. The molecule has 3 N–H and O–H groups in total. The van der Waals surface area contributed by atoms with Crippen molar-refractivity contribution < 1.29 is 14.7 Å². The molecular formula is H3N3O3P-. The van der Waals surface area contributed by atoms with Gasteiger partial charge in [-0.2, -0.15) is 0 Å². The Labute approximate surface area is 40.4 Å². The zero-order valence-corrected chi connectivity index (χ0v) is 4.02. The van der Waals surface area contributed by atoms with Gasteiger partial charge >= 0.3 is 8.60 Å². The van der Waals surface area contributed by atoms with Crippen molar-refractivity contribution in [2.75, 3.05) is 0 Å². The average Bonchev–Trinajstić information content (AvgIpc) is 1.33. The van der Waals surface area contributed by atoms with E-state index in [1.165, 1.54) is 4.91 Å². The predicted molar refractivity (Wildman–Crippen MR) is 23.7 cm³/mol. The molecule has 6 nitrogen and oxygen atoms in total. The second-order valence-electron chi connectivity index (χ2n) is 0.358. The summed E-state index contributed by atoms with van der Waals surface area (Å²) < 4.78 is 0. The van der Waals surface area contributed by atoms with E-state index >= 15 is 0 Å². The largest absolute Gasteiger partial charge is 0.373 e. The highest BCUT2D eigenvalue weighted by atomic mass is 31.2. The molecule has 0 radical (unpaired) electrons. The fourth-order valence-corrected chi connectivity index (χ4v) is 0. The first kappa shape index (κ1) is 9.80. The smallest absolute Gasteiger partial charge is 0.324 e. The van der Waals surface area contributed by atoms with Gasteiger partial charge in [0.15, 0.2) is 0 Å². The van der Waals surface area contributed by atoms with Crippen molar-refractivity contribution in [3.63, 3.8) is 0 Å². The molecule has 0 aliphatic heterocycles. The zero-order valence-electron chi connectivity index (χ0n) is 3.13. The van der Waals surface area contributed by atoms with Gasteiger partial charge in [-0.1, -0.05) is 0 Å². The van der Waals surface area contributed by atoms with E-state index in [0.29, 0.717) is 0 Å².